The van der Waals surface area contributed by atoms with Crippen molar-refractivity contribution in [2.24, 2.45) is 5.92 Å². The Bertz CT molecular complexity index is 716. The molecule has 1 aliphatic rings. The van der Waals surface area contributed by atoms with Crippen molar-refractivity contribution in [3.8, 4) is 11.3 Å². The first-order valence-electron chi connectivity index (χ1n) is 8.20. The summed E-state index contributed by atoms with van der Waals surface area (Å²) < 4.78 is 19.3. The third-order valence-corrected chi connectivity index (χ3v) is 4.52. The van der Waals surface area contributed by atoms with Crippen LogP contribution in [0.5, 0.6) is 0 Å². The number of rotatable bonds is 4. The van der Waals surface area contributed by atoms with Gasteiger partial charge in [-0.2, -0.15) is 0 Å². The maximum absolute atomic E-state index is 13.7. The summed E-state index contributed by atoms with van der Waals surface area (Å²) in [4.78, 5) is 18.1. The van der Waals surface area contributed by atoms with Crippen LogP contribution in [0.15, 0.2) is 34.9 Å². The molecule has 6 heteroatoms. The summed E-state index contributed by atoms with van der Waals surface area (Å²) in [6.07, 6.45) is 2.44. The zero-order valence-corrected chi connectivity index (χ0v) is 13.6. The van der Waals surface area contributed by atoms with Gasteiger partial charge in [-0.15, -0.1) is 0 Å². The molecule has 2 unspecified atom stereocenters. The van der Waals surface area contributed by atoms with E-state index in [0.29, 0.717) is 36.7 Å². The molecule has 1 saturated heterocycles. The molecule has 1 aromatic carbocycles. The molecule has 128 valence electrons. The van der Waals surface area contributed by atoms with Crippen LogP contribution in [0.25, 0.3) is 11.3 Å². The van der Waals surface area contributed by atoms with E-state index in [1.165, 1.54) is 12.3 Å². The van der Waals surface area contributed by atoms with Crippen molar-refractivity contribution < 1.29 is 18.7 Å². The number of piperidine rings is 1. The number of halogens is 1. The van der Waals surface area contributed by atoms with Crippen molar-refractivity contribution in [3.63, 3.8) is 0 Å². The molecule has 0 spiro atoms. The van der Waals surface area contributed by atoms with E-state index in [1.54, 1.807) is 23.1 Å². The number of amides is 1. The molecule has 1 fully saturated rings. The Morgan fingerprint density at radius 3 is 3.00 bits per heavy atom. The summed E-state index contributed by atoms with van der Waals surface area (Å²) in [5.74, 6) is 0.605. The average molecular weight is 332 g/mol. The number of aliphatic hydroxyl groups excluding tert-OH is 1. The summed E-state index contributed by atoms with van der Waals surface area (Å²) in [7, 11) is 0. The molecule has 1 aliphatic heterocycles. The van der Waals surface area contributed by atoms with Crippen LogP contribution in [0.1, 0.15) is 25.7 Å². The molecule has 1 aromatic heterocycles. The number of nitrogens with zero attached hydrogens (tertiary/aromatic N) is 2. The predicted molar refractivity (Wildman–Crippen MR) is 86.6 cm³/mol. The number of likely N-dealkylation sites (tertiary alicyclic amines) is 1. The molecule has 0 radical (unpaired) electrons. The zero-order chi connectivity index (χ0) is 17.1. The van der Waals surface area contributed by atoms with Gasteiger partial charge in [-0.05, 0) is 24.5 Å². The molecule has 2 atom stereocenters. The minimum Gasteiger partial charge on any atom is -0.441 e. The second kappa shape index (κ2) is 7.13. The van der Waals surface area contributed by atoms with Crippen LogP contribution in [-0.2, 0) is 11.2 Å². The predicted octanol–water partition coefficient (Wildman–Crippen LogP) is 2.64. The monoisotopic (exact) mass is 332 g/mol. The first-order valence-corrected chi connectivity index (χ1v) is 8.20. The van der Waals surface area contributed by atoms with Crippen molar-refractivity contribution in [1.29, 1.82) is 0 Å². The fourth-order valence-corrected chi connectivity index (χ4v) is 2.86. The van der Waals surface area contributed by atoms with Crippen LogP contribution < -0.4 is 0 Å². The Balaban J connectivity index is 1.58. The highest BCUT2D eigenvalue weighted by atomic mass is 19.1. The standard InChI is InChI=1S/C18H21FN2O3/c1-12-8-9-21(11-15(12)22)18(23)7-6-17-20-10-16(24-17)13-4-2-3-5-14(13)19/h2-5,10,12,15,22H,6-9,11H2,1H3. The summed E-state index contributed by atoms with van der Waals surface area (Å²) >= 11 is 0. The van der Waals surface area contributed by atoms with Crippen LogP contribution in [0.2, 0.25) is 0 Å². The third-order valence-electron chi connectivity index (χ3n) is 4.52. The number of aryl methyl sites for hydroxylation is 1. The lowest BCUT2D eigenvalue weighted by Crippen LogP contribution is -2.45. The fraction of sp³-hybridized carbons (Fsp3) is 0.444. The highest BCUT2D eigenvalue weighted by molar-refractivity contribution is 5.76. The number of aliphatic hydroxyl groups is 1. The number of carbonyl (C=O) groups is 1. The maximum atomic E-state index is 13.7. The second-order valence-corrected chi connectivity index (χ2v) is 6.27. The summed E-state index contributed by atoms with van der Waals surface area (Å²) in [5, 5.41) is 9.88. The lowest BCUT2D eigenvalue weighted by Gasteiger charge is -2.34. The molecule has 2 heterocycles. The van der Waals surface area contributed by atoms with Crippen LogP contribution in [-0.4, -0.2) is 40.1 Å². The highest BCUT2D eigenvalue weighted by Gasteiger charge is 2.27. The Morgan fingerprint density at radius 1 is 1.46 bits per heavy atom. The molecule has 0 aliphatic carbocycles. The molecular formula is C18H21FN2O3. The normalized spacial score (nSPS) is 21.0. The van der Waals surface area contributed by atoms with Crippen molar-refractivity contribution in [1.82, 2.24) is 9.88 Å². The van der Waals surface area contributed by atoms with E-state index >= 15 is 0 Å². The van der Waals surface area contributed by atoms with E-state index in [0.717, 1.165) is 6.42 Å². The van der Waals surface area contributed by atoms with Crippen LogP contribution in [0, 0.1) is 11.7 Å². The molecule has 1 amide bonds. The Hall–Kier alpha value is -2.21. The maximum Gasteiger partial charge on any atom is 0.223 e. The number of carbonyl (C=O) groups excluding carboxylic acids is 1. The van der Waals surface area contributed by atoms with Gasteiger partial charge in [0.05, 0.1) is 17.9 Å². The largest absolute Gasteiger partial charge is 0.441 e. The Morgan fingerprint density at radius 2 is 2.25 bits per heavy atom. The number of oxazole rings is 1. The van der Waals surface area contributed by atoms with Crippen LogP contribution in [0.4, 0.5) is 4.39 Å². The molecule has 2 aromatic rings. The van der Waals surface area contributed by atoms with Crippen molar-refractivity contribution in [3.05, 3.63) is 42.2 Å². The lowest BCUT2D eigenvalue weighted by molar-refractivity contribution is -0.135. The number of benzene rings is 1. The van der Waals surface area contributed by atoms with Gasteiger partial charge in [-0.3, -0.25) is 4.79 Å². The van der Waals surface area contributed by atoms with E-state index in [9.17, 15) is 14.3 Å². The minimum absolute atomic E-state index is 0.0217. The van der Waals surface area contributed by atoms with E-state index in [4.69, 9.17) is 4.42 Å². The number of hydrogen-bond acceptors (Lipinski definition) is 4. The van der Waals surface area contributed by atoms with Gasteiger partial charge in [0.15, 0.2) is 11.7 Å². The third kappa shape index (κ3) is 3.64. The van der Waals surface area contributed by atoms with Gasteiger partial charge >= 0.3 is 0 Å². The van der Waals surface area contributed by atoms with E-state index < -0.39 is 6.10 Å². The summed E-state index contributed by atoms with van der Waals surface area (Å²) in [6.45, 7) is 3.04. The van der Waals surface area contributed by atoms with E-state index in [-0.39, 0.29) is 24.1 Å². The van der Waals surface area contributed by atoms with Gasteiger partial charge in [0.1, 0.15) is 5.82 Å². The van der Waals surface area contributed by atoms with E-state index in [2.05, 4.69) is 4.98 Å². The number of aromatic nitrogens is 1. The molecule has 3 rings (SSSR count). The van der Waals surface area contributed by atoms with Gasteiger partial charge in [0.25, 0.3) is 0 Å². The van der Waals surface area contributed by atoms with Crippen LogP contribution >= 0.6 is 0 Å². The molecule has 24 heavy (non-hydrogen) atoms. The zero-order valence-electron chi connectivity index (χ0n) is 13.6. The lowest BCUT2D eigenvalue weighted by atomic mass is 9.96. The van der Waals surface area contributed by atoms with E-state index in [1.807, 2.05) is 6.92 Å². The molecule has 1 N–H and O–H groups in total. The summed E-state index contributed by atoms with van der Waals surface area (Å²) in [5.41, 5.74) is 0.357. The van der Waals surface area contributed by atoms with Gasteiger partial charge in [0.2, 0.25) is 5.91 Å². The Labute approximate surface area is 140 Å². The first-order chi connectivity index (χ1) is 11.5. The van der Waals surface area contributed by atoms with Gasteiger partial charge in [-0.25, -0.2) is 9.37 Å². The molecule has 0 saturated carbocycles. The number of β-amino-alcohol motifs (C(OH)–C–C–N with tert-alkyl or cyclic N) is 1. The molecule has 0 bridgehead atoms. The highest BCUT2D eigenvalue weighted by Crippen LogP contribution is 2.24. The van der Waals surface area contributed by atoms with Gasteiger partial charge in [0, 0.05) is 25.9 Å². The molecular weight excluding hydrogens is 311 g/mol. The Kier molecular flexibility index (Phi) is 4.94. The smallest absolute Gasteiger partial charge is 0.223 e. The minimum atomic E-state index is -0.461. The first kappa shape index (κ1) is 16.6. The van der Waals surface area contributed by atoms with Gasteiger partial charge < -0.3 is 14.4 Å². The quantitative estimate of drug-likeness (QED) is 0.935. The van der Waals surface area contributed by atoms with Crippen molar-refractivity contribution in [2.75, 3.05) is 13.1 Å². The fourth-order valence-electron chi connectivity index (χ4n) is 2.86. The van der Waals surface area contributed by atoms with Crippen molar-refractivity contribution >= 4 is 5.91 Å². The SMILES string of the molecule is CC1CCN(C(=O)CCc2ncc(-c3ccccc3F)o2)CC1O. The average Bonchev–Trinajstić information content (AvgIpc) is 3.04. The van der Waals surface area contributed by atoms with Crippen LogP contribution in [0.3, 0.4) is 0 Å². The van der Waals surface area contributed by atoms with Crippen molar-refractivity contribution in [2.45, 2.75) is 32.3 Å². The second-order valence-electron chi connectivity index (χ2n) is 6.27. The number of hydrogen-bond donors (Lipinski definition) is 1. The topological polar surface area (TPSA) is 66.6 Å². The van der Waals surface area contributed by atoms with Gasteiger partial charge in [-0.1, -0.05) is 19.1 Å². The molecule has 5 nitrogen and oxygen atoms in total. The summed E-state index contributed by atoms with van der Waals surface area (Å²) in [6, 6.07) is 6.33.